The molecule has 0 fully saturated rings. The summed E-state index contributed by atoms with van der Waals surface area (Å²) in [5.74, 6) is 0. The lowest BCUT2D eigenvalue weighted by molar-refractivity contribution is 0.370. The van der Waals surface area contributed by atoms with Gasteiger partial charge in [-0.2, -0.15) is 0 Å². The van der Waals surface area contributed by atoms with Crippen LogP contribution in [0.1, 0.15) is 0 Å². The maximum absolute atomic E-state index is 10.4. The molecule has 0 spiro atoms. The summed E-state index contributed by atoms with van der Waals surface area (Å²) in [5, 5.41) is 0. The molecule has 0 aliphatic heterocycles. The molecule has 3 nitrogen and oxygen atoms in total. The second kappa shape index (κ2) is 6.35. The fourth-order valence-electron chi connectivity index (χ4n) is 0.760. The molecule has 1 atom stereocenters. The van der Waals surface area contributed by atoms with Crippen molar-refractivity contribution >= 4 is 8.03 Å². The fourth-order valence-corrected chi connectivity index (χ4v) is 1.40. The molecule has 4 heteroatoms. The van der Waals surface area contributed by atoms with Crippen molar-refractivity contribution in [2.75, 3.05) is 19.4 Å². The second-order valence-corrected chi connectivity index (χ2v) is 3.27. The summed E-state index contributed by atoms with van der Waals surface area (Å²) < 4.78 is 10.4. The van der Waals surface area contributed by atoms with Crippen LogP contribution in [-0.2, 0) is 4.57 Å². The molecule has 64 valence electrons. The van der Waals surface area contributed by atoms with Crippen molar-refractivity contribution in [1.29, 1.82) is 0 Å². The van der Waals surface area contributed by atoms with Crippen molar-refractivity contribution in [1.82, 2.24) is 4.90 Å². The van der Waals surface area contributed by atoms with Gasteiger partial charge in [0.05, 0.1) is 6.29 Å². The Balaban J connectivity index is 3.76. The summed E-state index contributed by atoms with van der Waals surface area (Å²) in [6, 6.07) is 0. The smallest absolute Gasteiger partial charge is 0.202 e. The van der Waals surface area contributed by atoms with E-state index in [0.717, 1.165) is 0 Å². The van der Waals surface area contributed by atoms with Gasteiger partial charge in [-0.25, -0.2) is 0 Å². The van der Waals surface area contributed by atoms with Gasteiger partial charge in [-0.1, -0.05) is 12.2 Å². The van der Waals surface area contributed by atoms with E-state index in [2.05, 4.69) is 13.2 Å². The van der Waals surface area contributed by atoms with Gasteiger partial charge in [0.2, 0.25) is 8.03 Å². The second-order valence-electron chi connectivity index (χ2n) is 2.17. The minimum Gasteiger partial charge on any atom is -0.345 e. The molecule has 0 amide bonds. The summed E-state index contributed by atoms with van der Waals surface area (Å²) in [7, 11) is -2.40. The fraction of sp³-hybridized carbons (Fsp3) is 0.429. The van der Waals surface area contributed by atoms with E-state index in [1.807, 2.05) is 0 Å². The predicted octanol–water partition coefficient (Wildman–Crippen LogP) is 1.08. The molecular weight excluding hydrogens is 161 g/mol. The van der Waals surface area contributed by atoms with Crippen molar-refractivity contribution in [3.05, 3.63) is 25.3 Å². The molecule has 0 heterocycles. The Hall–Kier alpha value is -0.370. The average molecular weight is 175 g/mol. The molecule has 0 saturated carbocycles. The summed E-state index contributed by atoms with van der Waals surface area (Å²) >= 11 is 0. The van der Waals surface area contributed by atoms with Crippen LogP contribution in [0.4, 0.5) is 0 Å². The highest BCUT2D eigenvalue weighted by molar-refractivity contribution is 7.37. The zero-order chi connectivity index (χ0) is 8.69. The van der Waals surface area contributed by atoms with Crippen LogP contribution < -0.4 is 0 Å². The van der Waals surface area contributed by atoms with Crippen molar-refractivity contribution < 1.29 is 9.46 Å². The van der Waals surface area contributed by atoms with Gasteiger partial charge < -0.3 is 4.89 Å². The maximum Gasteiger partial charge on any atom is 0.202 e. The number of hydrogen-bond acceptors (Lipinski definition) is 2. The molecule has 0 aromatic rings. The van der Waals surface area contributed by atoms with E-state index in [1.165, 1.54) is 0 Å². The highest BCUT2D eigenvalue weighted by Crippen LogP contribution is 2.14. The van der Waals surface area contributed by atoms with E-state index < -0.39 is 8.03 Å². The van der Waals surface area contributed by atoms with Crippen LogP contribution in [0.15, 0.2) is 25.3 Å². The van der Waals surface area contributed by atoms with Crippen LogP contribution in [0.2, 0.25) is 0 Å². The van der Waals surface area contributed by atoms with E-state index in [0.29, 0.717) is 13.1 Å². The molecule has 0 saturated heterocycles. The van der Waals surface area contributed by atoms with E-state index in [-0.39, 0.29) is 6.29 Å². The van der Waals surface area contributed by atoms with Crippen LogP contribution >= 0.6 is 8.03 Å². The van der Waals surface area contributed by atoms with Gasteiger partial charge in [0.15, 0.2) is 0 Å². The average Bonchev–Trinajstić information content (AvgIpc) is 1.87. The third-order valence-corrected chi connectivity index (χ3v) is 1.85. The Bertz CT molecular complexity index is 149. The third kappa shape index (κ3) is 6.05. The molecule has 1 unspecified atom stereocenters. The van der Waals surface area contributed by atoms with Gasteiger partial charge in [-0.15, -0.1) is 13.2 Å². The van der Waals surface area contributed by atoms with E-state index in [1.54, 1.807) is 17.1 Å². The van der Waals surface area contributed by atoms with Crippen LogP contribution in [0, 0.1) is 0 Å². The van der Waals surface area contributed by atoms with E-state index in [9.17, 15) is 4.57 Å². The molecule has 0 bridgehead atoms. The lowest BCUT2D eigenvalue weighted by atomic mass is 10.5. The first-order chi connectivity index (χ1) is 5.20. The lowest BCUT2D eigenvalue weighted by Gasteiger charge is -2.15. The Kier molecular flexibility index (Phi) is 6.13. The number of hydrogen-bond donors (Lipinski definition) is 1. The molecule has 0 aliphatic carbocycles. The van der Waals surface area contributed by atoms with Crippen LogP contribution in [0.3, 0.4) is 0 Å². The normalized spacial score (nSPS) is 12.9. The predicted molar refractivity (Wildman–Crippen MR) is 48.1 cm³/mol. The van der Waals surface area contributed by atoms with Crippen molar-refractivity contribution in [2.24, 2.45) is 0 Å². The summed E-state index contributed by atoms with van der Waals surface area (Å²) in [4.78, 5) is 10.4. The van der Waals surface area contributed by atoms with E-state index >= 15 is 0 Å². The molecule has 0 rings (SSSR count). The number of rotatable bonds is 6. The molecule has 11 heavy (non-hydrogen) atoms. The highest BCUT2D eigenvalue weighted by Gasteiger charge is 2.02. The quantitative estimate of drug-likeness (QED) is 0.485. The van der Waals surface area contributed by atoms with Gasteiger partial charge in [-0.3, -0.25) is 9.46 Å². The Morgan fingerprint density at radius 3 is 2.09 bits per heavy atom. The first-order valence-electron chi connectivity index (χ1n) is 3.36. The summed E-state index contributed by atoms with van der Waals surface area (Å²) in [5.41, 5.74) is 0. The summed E-state index contributed by atoms with van der Waals surface area (Å²) in [6.07, 6.45) is 3.63. The standard InChI is InChI=1S/C7H14NO2P/c1-3-5-8(6-4-2)7-11(9)10/h3-4,11H,1-2,5-7H2,(H,9,10). The van der Waals surface area contributed by atoms with Crippen molar-refractivity contribution in [2.45, 2.75) is 0 Å². The monoisotopic (exact) mass is 175 g/mol. The van der Waals surface area contributed by atoms with Gasteiger partial charge in [0, 0.05) is 13.1 Å². The Morgan fingerprint density at radius 2 is 1.82 bits per heavy atom. The van der Waals surface area contributed by atoms with Crippen LogP contribution in [0.25, 0.3) is 0 Å². The third-order valence-electron chi connectivity index (χ3n) is 1.13. The van der Waals surface area contributed by atoms with Gasteiger partial charge in [0.1, 0.15) is 0 Å². The van der Waals surface area contributed by atoms with Crippen LogP contribution in [-0.4, -0.2) is 29.2 Å². The molecular formula is C7H14NO2P. The minimum atomic E-state index is -2.40. The first-order valence-corrected chi connectivity index (χ1v) is 4.93. The lowest BCUT2D eigenvalue weighted by Crippen LogP contribution is -2.23. The zero-order valence-corrected chi connectivity index (χ0v) is 7.49. The summed E-state index contributed by atoms with van der Waals surface area (Å²) in [6.45, 7) is 8.34. The Labute approximate surface area is 67.9 Å². The van der Waals surface area contributed by atoms with Gasteiger partial charge in [0.25, 0.3) is 0 Å². The Morgan fingerprint density at radius 1 is 1.36 bits per heavy atom. The molecule has 0 aromatic carbocycles. The molecule has 1 N–H and O–H groups in total. The minimum absolute atomic E-state index is 0.225. The van der Waals surface area contributed by atoms with Crippen molar-refractivity contribution in [3.63, 3.8) is 0 Å². The number of nitrogens with zero attached hydrogens (tertiary/aromatic N) is 1. The van der Waals surface area contributed by atoms with Crippen LogP contribution in [0.5, 0.6) is 0 Å². The van der Waals surface area contributed by atoms with Gasteiger partial charge in [-0.05, 0) is 0 Å². The largest absolute Gasteiger partial charge is 0.345 e. The maximum atomic E-state index is 10.4. The van der Waals surface area contributed by atoms with E-state index in [4.69, 9.17) is 4.89 Å². The van der Waals surface area contributed by atoms with Gasteiger partial charge >= 0.3 is 0 Å². The SMILES string of the molecule is C=CCN(CC=C)C[PH](=O)O. The molecule has 0 radical (unpaired) electrons. The zero-order valence-electron chi connectivity index (χ0n) is 6.49. The topological polar surface area (TPSA) is 40.5 Å². The molecule has 0 aliphatic rings. The first kappa shape index (κ1) is 10.6. The molecule has 0 aromatic heterocycles. The van der Waals surface area contributed by atoms with Crippen molar-refractivity contribution in [3.8, 4) is 0 Å². The highest BCUT2D eigenvalue weighted by atomic mass is 31.1.